The van der Waals surface area contributed by atoms with Crippen LogP contribution in [0.15, 0.2) is 17.1 Å². The monoisotopic (exact) mass is 383 g/mol. The van der Waals surface area contributed by atoms with Crippen molar-refractivity contribution in [3.8, 4) is 17.6 Å². The van der Waals surface area contributed by atoms with Crippen LogP contribution < -0.4 is 5.69 Å². The molecule has 2 N–H and O–H groups in total. The van der Waals surface area contributed by atoms with E-state index in [0.29, 0.717) is 29.9 Å². The van der Waals surface area contributed by atoms with Crippen molar-refractivity contribution >= 4 is 11.9 Å². The summed E-state index contributed by atoms with van der Waals surface area (Å²) in [6.07, 6.45) is 1.48. The summed E-state index contributed by atoms with van der Waals surface area (Å²) in [5.41, 5.74) is 1.07. The second-order valence-corrected chi connectivity index (χ2v) is 7.01. The zero-order chi connectivity index (χ0) is 20.2. The summed E-state index contributed by atoms with van der Waals surface area (Å²) in [7, 11) is 0. The highest BCUT2D eigenvalue weighted by Crippen LogP contribution is 2.48. The second kappa shape index (κ2) is 6.23. The summed E-state index contributed by atoms with van der Waals surface area (Å²) in [5.74, 6) is -1.62. The number of hydrogen-bond donors (Lipinski definition) is 2. The summed E-state index contributed by atoms with van der Waals surface area (Å²) in [6.45, 7) is 2.00. The third-order valence-electron chi connectivity index (χ3n) is 5.36. The van der Waals surface area contributed by atoms with Gasteiger partial charge in [-0.1, -0.05) is 0 Å². The number of carboxylic acid groups (broad SMARTS) is 1. The van der Waals surface area contributed by atoms with Crippen LogP contribution in [0, 0.1) is 18.3 Å². The van der Waals surface area contributed by atoms with Crippen molar-refractivity contribution in [1.82, 2.24) is 19.0 Å². The molecule has 0 unspecified atom stereocenters. The van der Waals surface area contributed by atoms with Crippen LogP contribution >= 0.6 is 0 Å². The second-order valence-electron chi connectivity index (χ2n) is 7.01. The van der Waals surface area contributed by atoms with Gasteiger partial charge in [0, 0.05) is 13.0 Å². The van der Waals surface area contributed by atoms with E-state index < -0.39 is 17.7 Å². The van der Waals surface area contributed by atoms with Gasteiger partial charge in [-0.05, 0) is 25.0 Å². The molecular formula is C18H17N5O5. The van der Waals surface area contributed by atoms with E-state index in [1.807, 2.05) is 6.07 Å². The molecule has 2 aromatic rings. The van der Waals surface area contributed by atoms with Gasteiger partial charge in [-0.25, -0.2) is 14.3 Å². The first-order chi connectivity index (χ1) is 13.3. The lowest BCUT2D eigenvalue weighted by Crippen LogP contribution is -2.37. The van der Waals surface area contributed by atoms with E-state index >= 15 is 0 Å². The van der Waals surface area contributed by atoms with Crippen LogP contribution in [0.5, 0.6) is 5.88 Å². The normalized spacial score (nSPS) is 19.5. The maximum atomic E-state index is 12.9. The highest BCUT2D eigenvalue weighted by molar-refractivity contribution is 5.81. The lowest BCUT2D eigenvalue weighted by molar-refractivity contribution is -0.141. The van der Waals surface area contributed by atoms with Crippen LogP contribution in [-0.4, -0.2) is 47.7 Å². The molecule has 2 atom stereocenters. The molecule has 0 aromatic carbocycles. The Morgan fingerprint density at radius 3 is 2.79 bits per heavy atom. The average molecular weight is 383 g/mol. The minimum absolute atomic E-state index is 0.122. The van der Waals surface area contributed by atoms with Gasteiger partial charge >= 0.3 is 11.7 Å². The van der Waals surface area contributed by atoms with Gasteiger partial charge < -0.3 is 15.1 Å². The number of imidazole rings is 1. The Bertz CT molecular complexity index is 1110. The fraction of sp³-hybridized carbons (Fsp3) is 0.389. The molecular weight excluding hydrogens is 366 g/mol. The lowest BCUT2D eigenvalue weighted by Gasteiger charge is -2.27. The molecule has 0 spiro atoms. The molecule has 10 nitrogen and oxygen atoms in total. The van der Waals surface area contributed by atoms with Gasteiger partial charge in [0.05, 0.1) is 30.4 Å². The molecule has 2 bridgehead atoms. The fourth-order valence-corrected chi connectivity index (χ4v) is 4.11. The number of pyridine rings is 1. The molecule has 144 valence electrons. The number of rotatable bonds is 4. The molecule has 1 fully saturated rings. The smallest absolute Gasteiger partial charge is 0.336 e. The molecule has 0 saturated carbocycles. The average Bonchev–Trinajstić information content (AvgIpc) is 3.31. The van der Waals surface area contributed by atoms with E-state index in [9.17, 15) is 19.5 Å². The zero-order valence-corrected chi connectivity index (χ0v) is 15.0. The first kappa shape index (κ1) is 17.8. The van der Waals surface area contributed by atoms with Gasteiger partial charge in [-0.3, -0.25) is 14.2 Å². The van der Waals surface area contributed by atoms with Crippen molar-refractivity contribution in [2.45, 2.75) is 38.3 Å². The van der Waals surface area contributed by atoms with E-state index in [1.54, 1.807) is 13.0 Å². The van der Waals surface area contributed by atoms with Crippen LogP contribution in [0.4, 0.5) is 0 Å². The molecule has 2 aromatic heterocycles. The summed E-state index contributed by atoms with van der Waals surface area (Å²) in [4.78, 5) is 41.6. The van der Waals surface area contributed by atoms with E-state index in [2.05, 4.69) is 4.98 Å². The third-order valence-corrected chi connectivity index (χ3v) is 5.36. The van der Waals surface area contributed by atoms with Gasteiger partial charge in [-0.15, -0.1) is 0 Å². The number of aromatic hydroxyl groups is 1. The maximum Gasteiger partial charge on any atom is 0.336 e. The van der Waals surface area contributed by atoms with Crippen molar-refractivity contribution in [2.75, 3.05) is 6.54 Å². The minimum Gasteiger partial charge on any atom is -0.493 e. The van der Waals surface area contributed by atoms with Crippen LogP contribution in [0.2, 0.25) is 0 Å². The molecule has 0 radical (unpaired) electrons. The molecule has 4 rings (SSSR count). The van der Waals surface area contributed by atoms with Gasteiger partial charge in [0.1, 0.15) is 17.5 Å². The Hall–Kier alpha value is -3.61. The zero-order valence-electron chi connectivity index (χ0n) is 15.0. The summed E-state index contributed by atoms with van der Waals surface area (Å²) < 4.78 is 2.62. The number of carbonyl (C=O) groups excluding carboxylic acids is 1. The SMILES string of the molecule is Cc1cc(-n2c(O)c3n(c2=O)[C@H]2C[C@@H]3N(C(=O)CCC(=O)O)C2)cnc1C#N. The number of aryl methyl sites for hydroxylation is 1. The van der Waals surface area contributed by atoms with Gasteiger partial charge in [0.2, 0.25) is 11.8 Å². The predicted octanol–water partition coefficient (Wildman–Crippen LogP) is 0.613. The number of fused-ring (bicyclic) bond motifs is 5. The molecule has 2 aliphatic heterocycles. The third kappa shape index (κ3) is 2.47. The number of nitrogens with zero attached hydrogens (tertiary/aromatic N) is 5. The van der Waals surface area contributed by atoms with E-state index in [0.717, 1.165) is 4.57 Å². The first-order valence-electron chi connectivity index (χ1n) is 8.78. The van der Waals surface area contributed by atoms with Crippen LogP contribution in [-0.2, 0) is 9.59 Å². The first-order valence-corrected chi connectivity index (χ1v) is 8.78. The standard InChI is InChI=1S/C18H17N5O5/c1-9-4-10(7-20-12(9)6-19)23-17(27)16-13-5-11(22(16)18(23)28)8-21(13)14(24)2-3-15(25)26/h4,7,11,13,27H,2-3,5,8H2,1H3,(H,25,26)/t11-,13-/m0/s1. The van der Waals surface area contributed by atoms with Crippen LogP contribution in [0.25, 0.3) is 5.69 Å². The largest absolute Gasteiger partial charge is 0.493 e. The Labute approximate surface area is 158 Å². The Balaban J connectivity index is 1.72. The fourth-order valence-electron chi connectivity index (χ4n) is 4.11. The van der Waals surface area contributed by atoms with Crippen molar-refractivity contribution in [1.29, 1.82) is 5.26 Å². The molecule has 1 amide bonds. The van der Waals surface area contributed by atoms with Crippen molar-refractivity contribution in [2.24, 2.45) is 0 Å². The molecule has 1 saturated heterocycles. The molecule has 0 aliphatic carbocycles. The highest BCUT2D eigenvalue weighted by Gasteiger charge is 2.49. The number of carbonyl (C=O) groups is 2. The summed E-state index contributed by atoms with van der Waals surface area (Å²) in [6, 6.07) is 2.82. The number of hydrogen-bond acceptors (Lipinski definition) is 6. The van der Waals surface area contributed by atoms with E-state index in [4.69, 9.17) is 10.4 Å². The van der Waals surface area contributed by atoms with E-state index in [1.165, 1.54) is 15.7 Å². The number of aromatic nitrogens is 3. The molecule has 28 heavy (non-hydrogen) atoms. The highest BCUT2D eigenvalue weighted by atomic mass is 16.4. The lowest BCUT2D eigenvalue weighted by atomic mass is 10.1. The number of nitriles is 1. The summed E-state index contributed by atoms with van der Waals surface area (Å²) >= 11 is 0. The predicted molar refractivity (Wildman–Crippen MR) is 93.9 cm³/mol. The molecule has 10 heteroatoms. The van der Waals surface area contributed by atoms with Gasteiger partial charge in [0.15, 0.2) is 0 Å². The Morgan fingerprint density at radius 2 is 2.14 bits per heavy atom. The van der Waals surface area contributed by atoms with Crippen LogP contribution in [0.1, 0.15) is 48.3 Å². The Kier molecular flexibility index (Phi) is 3.96. The summed E-state index contributed by atoms with van der Waals surface area (Å²) in [5, 5.41) is 28.5. The van der Waals surface area contributed by atoms with Crippen molar-refractivity contribution < 1.29 is 19.8 Å². The number of aliphatic carboxylic acids is 1. The quantitative estimate of drug-likeness (QED) is 0.788. The van der Waals surface area contributed by atoms with Crippen LogP contribution in [0.3, 0.4) is 0 Å². The van der Waals surface area contributed by atoms with Crippen molar-refractivity contribution in [3.63, 3.8) is 0 Å². The molecule has 2 aliphatic rings. The maximum absolute atomic E-state index is 12.9. The number of amides is 1. The van der Waals surface area contributed by atoms with E-state index in [-0.39, 0.29) is 36.4 Å². The number of likely N-dealkylation sites (tertiary alicyclic amines) is 1. The Morgan fingerprint density at radius 1 is 1.39 bits per heavy atom. The number of carboxylic acids is 1. The van der Waals surface area contributed by atoms with Gasteiger partial charge in [0.25, 0.3) is 0 Å². The topological polar surface area (TPSA) is 141 Å². The molecule has 4 heterocycles. The van der Waals surface area contributed by atoms with Crippen molar-refractivity contribution in [3.05, 3.63) is 39.7 Å². The van der Waals surface area contributed by atoms with Gasteiger partial charge in [-0.2, -0.15) is 5.26 Å². The minimum atomic E-state index is -1.05.